The number of hydrogen-bond acceptors (Lipinski definition) is 3. The van der Waals surface area contributed by atoms with Crippen molar-refractivity contribution in [1.29, 1.82) is 0 Å². The molecule has 4 heteroatoms. The monoisotopic (exact) mass is 224 g/mol. The van der Waals surface area contributed by atoms with Crippen molar-refractivity contribution < 1.29 is 0 Å². The SMILES string of the molecule is Nc1nc2c(cc1Cl)C=CC(S)C=C2. The summed E-state index contributed by atoms with van der Waals surface area (Å²) in [5, 5.41) is 0.601. The zero-order chi connectivity index (χ0) is 10.1. The molecule has 1 aromatic heterocycles. The molecule has 2 rings (SSSR count). The number of nitrogen functional groups attached to an aromatic ring is 1. The van der Waals surface area contributed by atoms with Crippen LogP contribution in [0.1, 0.15) is 11.3 Å². The summed E-state index contributed by atoms with van der Waals surface area (Å²) in [6, 6.07) is 1.81. The molecule has 2 nitrogen and oxygen atoms in total. The summed E-state index contributed by atoms with van der Waals surface area (Å²) in [6.45, 7) is 0. The van der Waals surface area contributed by atoms with Gasteiger partial charge in [0.25, 0.3) is 0 Å². The van der Waals surface area contributed by atoms with E-state index in [1.54, 1.807) is 0 Å². The van der Waals surface area contributed by atoms with Crippen LogP contribution in [-0.2, 0) is 0 Å². The highest BCUT2D eigenvalue weighted by atomic mass is 35.5. The lowest BCUT2D eigenvalue weighted by molar-refractivity contribution is 1.29. The standard InChI is InChI=1S/C10H9ClN2S/c11-8-5-6-1-2-7(14)3-4-9(6)13-10(8)12/h1-5,7,14H,(H2,12,13). The fourth-order valence-corrected chi connectivity index (χ4v) is 1.59. The lowest BCUT2D eigenvalue weighted by Gasteiger charge is -2.02. The number of anilines is 1. The van der Waals surface area contributed by atoms with Gasteiger partial charge in [0.05, 0.1) is 10.7 Å². The largest absolute Gasteiger partial charge is 0.382 e. The second-order valence-corrected chi connectivity index (χ2v) is 4.04. The zero-order valence-corrected chi connectivity index (χ0v) is 8.96. The maximum absolute atomic E-state index is 5.87. The molecule has 0 aliphatic heterocycles. The normalized spacial score (nSPS) is 19.1. The Balaban J connectivity index is 2.58. The summed E-state index contributed by atoms with van der Waals surface area (Å²) in [5.74, 6) is 0.362. The van der Waals surface area contributed by atoms with E-state index in [1.807, 2.05) is 30.4 Å². The number of fused-ring (bicyclic) bond motifs is 1. The lowest BCUT2D eigenvalue weighted by atomic mass is 10.2. The summed E-state index contributed by atoms with van der Waals surface area (Å²) in [4.78, 5) is 4.18. The van der Waals surface area contributed by atoms with Crippen molar-refractivity contribution in [3.8, 4) is 0 Å². The van der Waals surface area contributed by atoms with Gasteiger partial charge in [-0.1, -0.05) is 29.8 Å². The van der Waals surface area contributed by atoms with Crippen LogP contribution in [0.4, 0.5) is 5.82 Å². The van der Waals surface area contributed by atoms with E-state index >= 15 is 0 Å². The van der Waals surface area contributed by atoms with E-state index in [-0.39, 0.29) is 5.25 Å². The second kappa shape index (κ2) is 3.67. The molecule has 1 aromatic rings. The minimum absolute atomic E-state index is 0.115. The summed E-state index contributed by atoms with van der Waals surface area (Å²) >= 11 is 10.2. The molecule has 0 aromatic carbocycles. The molecule has 0 fully saturated rings. The quantitative estimate of drug-likeness (QED) is 0.665. The molecule has 1 aliphatic rings. The molecule has 1 aliphatic carbocycles. The number of hydrogen-bond donors (Lipinski definition) is 2. The van der Waals surface area contributed by atoms with Crippen LogP contribution in [0.2, 0.25) is 5.02 Å². The van der Waals surface area contributed by atoms with Gasteiger partial charge in [-0.05, 0) is 12.1 Å². The molecular weight excluding hydrogens is 216 g/mol. The van der Waals surface area contributed by atoms with Crippen molar-refractivity contribution in [2.75, 3.05) is 5.73 Å². The Hall–Kier alpha value is -0.930. The molecule has 2 N–H and O–H groups in total. The number of nitrogens with zero attached hydrogens (tertiary/aromatic N) is 1. The van der Waals surface area contributed by atoms with Crippen molar-refractivity contribution in [3.63, 3.8) is 0 Å². The van der Waals surface area contributed by atoms with E-state index in [2.05, 4.69) is 17.6 Å². The molecular formula is C10H9ClN2S. The minimum Gasteiger partial charge on any atom is -0.382 e. The fraction of sp³-hybridized carbons (Fsp3) is 0.100. The predicted molar refractivity (Wildman–Crippen MR) is 64.5 cm³/mol. The van der Waals surface area contributed by atoms with E-state index in [0.717, 1.165) is 11.3 Å². The van der Waals surface area contributed by atoms with Crippen molar-refractivity contribution in [1.82, 2.24) is 4.98 Å². The van der Waals surface area contributed by atoms with E-state index in [4.69, 9.17) is 17.3 Å². The maximum Gasteiger partial charge on any atom is 0.142 e. The molecule has 72 valence electrons. The Morgan fingerprint density at radius 2 is 2.07 bits per heavy atom. The Bertz CT molecular complexity index is 387. The highest BCUT2D eigenvalue weighted by Gasteiger charge is 2.07. The summed E-state index contributed by atoms with van der Waals surface area (Å²) in [5.41, 5.74) is 7.41. The van der Waals surface area contributed by atoms with Crippen molar-refractivity contribution in [2.24, 2.45) is 0 Å². The van der Waals surface area contributed by atoms with Gasteiger partial charge in [0.1, 0.15) is 5.82 Å². The second-order valence-electron chi connectivity index (χ2n) is 3.04. The van der Waals surface area contributed by atoms with Crippen LogP contribution in [0.3, 0.4) is 0 Å². The third kappa shape index (κ3) is 1.79. The van der Waals surface area contributed by atoms with Crippen LogP contribution >= 0.6 is 24.2 Å². The number of thiol groups is 1. The van der Waals surface area contributed by atoms with Crippen molar-refractivity contribution in [2.45, 2.75) is 5.25 Å². The molecule has 1 heterocycles. The van der Waals surface area contributed by atoms with Crippen LogP contribution in [0.25, 0.3) is 12.2 Å². The Kier molecular flexibility index (Phi) is 2.52. The summed E-state index contributed by atoms with van der Waals surface area (Å²) in [7, 11) is 0. The molecule has 14 heavy (non-hydrogen) atoms. The molecule has 1 unspecified atom stereocenters. The lowest BCUT2D eigenvalue weighted by Crippen LogP contribution is -1.95. The highest BCUT2D eigenvalue weighted by Crippen LogP contribution is 2.24. The van der Waals surface area contributed by atoms with Gasteiger partial charge in [-0.15, -0.1) is 0 Å². The Morgan fingerprint density at radius 1 is 1.36 bits per heavy atom. The average Bonchev–Trinajstić information content (AvgIpc) is 2.31. The third-order valence-electron chi connectivity index (χ3n) is 1.99. The maximum atomic E-state index is 5.87. The van der Waals surface area contributed by atoms with E-state index in [9.17, 15) is 0 Å². The van der Waals surface area contributed by atoms with Gasteiger partial charge in [-0.3, -0.25) is 0 Å². The van der Waals surface area contributed by atoms with Crippen LogP contribution in [0.5, 0.6) is 0 Å². The highest BCUT2D eigenvalue weighted by molar-refractivity contribution is 7.81. The van der Waals surface area contributed by atoms with Crippen LogP contribution in [-0.4, -0.2) is 10.2 Å². The molecule has 0 amide bonds. The first-order chi connectivity index (χ1) is 6.66. The van der Waals surface area contributed by atoms with Crippen LogP contribution < -0.4 is 5.73 Å². The average molecular weight is 225 g/mol. The number of aromatic nitrogens is 1. The predicted octanol–water partition coefficient (Wildman–Crippen LogP) is 2.66. The Labute approximate surface area is 92.9 Å². The molecule has 0 saturated heterocycles. The van der Waals surface area contributed by atoms with Gasteiger partial charge in [0.15, 0.2) is 0 Å². The third-order valence-corrected chi connectivity index (χ3v) is 2.63. The number of pyridine rings is 1. The Morgan fingerprint density at radius 3 is 2.86 bits per heavy atom. The van der Waals surface area contributed by atoms with Gasteiger partial charge in [-0.25, -0.2) is 4.98 Å². The number of nitrogens with two attached hydrogens (primary N) is 1. The first-order valence-corrected chi connectivity index (χ1v) is 5.07. The first-order valence-electron chi connectivity index (χ1n) is 4.17. The first kappa shape index (κ1) is 9.62. The fourth-order valence-electron chi connectivity index (χ4n) is 1.26. The van der Waals surface area contributed by atoms with Gasteiger partial charge < -0.3 is 5.73 Å². The summed E-state index contributed by atoms with van der Waals surface area (Å²) in [6.07, 6.45) is 7.77. The van der Waals surface area contributed by atoms with Gasteiger partial charge in [0.2, 0.25) is 0 Å². The number of halogens is 1. The van der Waals surface area contributed by atoms with E-state index in [0.29, 0.717) is 10.8 Å². The van der Waals surface area contributed by atoms with Crippen molar-refractivity contribution >= 4 is 42.2 Å². The molecule has 0 radical (unpaired) electrons. The summed E-state index contributed by atoms with van der Waals surface area (Å²) < 4.78 is 0. The van der Waals surface area contributed by atoms with Crippen LogP contribution in [0, 0.1) is 0 Å². The van der Waals surface area contributed by atoms with Gasteiger partial charge in [-0.2, -0.15) is 12.6 Å². The van der Waals surface area contributed by atoms with Crippen molar-refractivity contribution in [3.05, 3.63) is 34.5 Å². The molecule has 0 spiro atoms. The van der Waals surface area contributed by atoms with E-state index < -0.39 is 0 Å². The minimum atomic E-state index is 0.115. The van der Waals surface area contributed by atoms with Crippen LogP contribution in [0.15, 0.2) is 18.2 Å². The molecule has 0 bridgehead atoms. The topological polar surface area (TPSA) is 38.9 Å². The zero-order valence-electron chi connectivity index (χ0n) is 7.31. The van der Waals surface area contributed by atoms with Gasteiger partial charge >= 0.3 is 0 Å². The molecule has 0 saturated carbocycles. The number of rotatable bonds is 0. The van der Waals surface area contributed by atoms with E-state index in [1.165, 1.54) is 0 Å². The molecule has 1 atom stereocenters. The smallest absolute Gasteiger partial charge is 0.142 e. The van der Waals surface area contributed by atoms with Gasteiger partial charge in [0, 0.05) is 10.8 Å².